The Kier molecular flexibility index (Phi) is 3.18. The van der Waals surface area contributed by atoms with E-state index in [1.807, 2.05) is 24.3 Å². The molecular weight excluding hydrogens is 262 g/mol. The molecule has 0 radical (unpaired) electrons. The van der Waals surface area contributed by atoms with Crippen LogP contribution in [-0.4, -0.2) is 16.9 Å². The molecule has 5 heteroatoms. The van der Waals surface area contributed by atoms with Gasteiger partial charge < -0.3 is 5.32 Å². The highest BCUT2D eigenvalue weighted by Crippen LogP contribution is 2.21. The molecule has 0 bridgehead atoms. The molecule has 0 spiro atoms. The fourth-order valence-electron chi connectivity index (χ4n) is 2.50. The third-order valence-electron chi connectivity index (χ3n) is 3.41. The van der Waals surface area contributed by atoms with Crippen LogP contribution in [0.15, 0.2) is 36.5 Å². The molecule has 0 unspecified atom stereocenters. The number of fused-ring (bicyclic) bond motifs is 1. The van der Waals surface area contributed by atoms with Crippen LogP contribution in [0, 0.1) is 11.6 Å². The zero-order chi connectivity index (χ0) is 14.1. The smallest absolute Gasteiger partial charge is 0.273 e. The van der Waals surface area contributed by atoms with Crippen LogP contribution < -0.4 is 5.32 Å². The van der Waals surface area contributed by atoms with Crippen LogP contribution in [0.2, 0.25) is 0 Å². The second kappa shape index (κ2) is 5.00. The molecule has 1 amide bonds. The largest absolute Gasteiger partial charge is 0.347 e. The fraction of sp³-hybridized carbons (Fsp3) is 0.200. The van der Waals surface area contributed by atoms with E-state index in [4.69, 9.17) is 0 Å². The number of carbonyl (C=O) groups is 1. The number of carbonyl (C=O) groups excluding carboxylic acids is 1. The molecule has 20 heavy (non-hydrogen) atoms. The van der Waals surface area contributed by atoms with Gasteiger partial charge in [-0.2, -0.15) is 0 Å². The molecule has 0 saturated carbocycles. The van der Waals surface area contributed by atoms with Crippen molar-refractivity contribution in [3.05, 3.63) is 65.0 Å². The topological polar surface area (TPSA) is 42.0 Å². The van der Waals surface area contributed by atoms with Crippen LogP contribution in [0.4, 0.5) is 8.78 Å². The molecular formula is C15H12F2N2O. The van der Waals surface area contributed by atoms with Crippen LogP contribution in [-0.2, 0) is 12.8 Å². The minimum atomic E-state index is -0.946. The van der Waals surface area contributed by atoms with Crippen molar-refractivity contribution >= 4 is 5.91 Å². The molecule has 3 nitrogen and oxygen atoms in total. The van der Waals surface area contributed by atoms with Crippen LogP contribution in [0.1, 0.15) is 21.6 Å². The Balaban J connectivity index is 1.72. The maximum Gasteiger partial charge on any atom is 0.273 e. The first-order chi connectivity index (χ1) is 9.63. The van der Waals surface area contributed by atoms with Crippen LogP contribution in [0.5, 0.6) is 0 Å². The number of halogens is 2. The van der Waals surface area contributed by atoms with Crippen molar-refractivity contribution in [1.82, 2.24) is 10.3 Å². The van der Waals surface area contributed by atoms with Crippen molar-refractivity contribution < 1.29 is 13.6 Å². The highest BCUT2D eigenvalue weighted by Gasteiger charge is 2.24. The van der Waals surface area contributed by atoms with Gasteiger partial charge in [0, 0.05) is 12.1 Å². The van der Waals surface area contributed by atoms with Gasteiger partial charge in [-0.25, -0.2) is 13.8 Å². The van der Waals surface area contributed by atoms with E-state index in [9.17, 15) is 13.6 Å². The van der Waals surface area contributed by atoms with E-state index in [0.717, 1.165) is 6.20 Å². The van der Waals surface area contributed by atoms with E-state index in [1.54, 1.807) is 0 Å². The molecule has 2 aromatic rings. The first kappa shape index (κ1) is 12.7. The molecule has 0 aliphatic heterocycles. The van der Waals surface area contributed by atoms with Crippen LogP contribution >= 0.6 is 0 Å². The maximum atomic E-state index is 13.5. The van der Waals surface area contributed by atoms with Crippen LogP contribution in [0.3, 0.4) is 0 Å². The number of hydrogen-bond acceptors (Lipinski definition) is 2. The summed E-state index contributed by atoms with van der Waals surface area (Å²) in [4.78, 5) is 15.5. The molecule has 0 atom stereocenters. The van der Waals surface area contributed by atoms with Gasteiger partial charge in [-0.1, -0.05) is 24.3 Å². The van der Waals surface area contributed by atoms with E-state index in [0.29, 0.717) is 18.9 Å². The van der Waals surface area contributed by atoms with Gasteiger partial charge in [0.2, 0.25) is 0 Å². The van der Waals surface area contributed by atoms with Gasteiger partial charge in [-0.05, 0) is 24.0 Å². The quantitative estimate of drug-likeness (QED) is 0.912. The first-order valence-corrected chi connectivity index (χ1v) is 6.32. The number of benzene rings is 1. The summed E-state index contributed by atoms with van der Waals surface area (Å²) in [5, 5.41) is 2.74. The average molecular weight is 274 g/mol. The van der Waals surface area contributed by atoms with E-state index in [1.165, 1.54) is 11.1 Å². The molecule has 0 fully saturated rings. The highest BCUT2D eigenvalue weighted by molar-refractivity contribution is 5.92. The van der Waals surface area contributed by atoms with E-state index >= 15 is 0 Å². The van der Waals surface area contributed by atoms with Crippen molar-refractivity contribution in [2.75, 3.05) is 0 Å². The Morgan fingerprint density at radius 2 is 1.85 bits per heavy atom. The molecule has 1 aliphatic rings. The number of rotatable bonds is 2. The summed E-state index contributed by atoms with van der Waals surface area (Å²) in [6.07, 6.45) is 2.26. The van der Waals surface area contributed by atoms with E-state index in [-0.39, 0.29) is 11.7 Å². The lowest BCUT2D eigenvalue weighted by molar-refractivity contribution is 0.0929. The molecule has 1 aromatic heterocycles. The minimum absolute atomic E-state index is 0.0776. The van der Waals surface area contributed by atoms with Crippen molar-refractivity contribution in [2.24, 2.45) is 0 Å². The van der Waals surface area contributed by atoms with Gasteiger partial charge in [0.1, 0.15) is 5.82 Å². The Morgan fingerprint density at radius 3 is 2.45 bits per heavy atom. The normalized spacial score (nSPS) is 14.1. The Hall–Kier alpha value is -2.30. The maximum absolute atomic E-state index is 13.5. The summed E-state index contributed by atoms with van der Waals surface area (Å²) >= 11 is 0. The van der Waals surface area contributed by atoms with Gasteiger partial charge >= 0.3 is 0 Å². The molecule has 3 rings (SSSR count). The standard InChI is InChI=1S/C15H12F2N2O/c16-11-7-13(17)14(18-8-11)15(20)19-12-5-9-3-1-2-4-10(9)6-12/h1-4,7-8,12H,5-6H2,(H,19,20). The minimum Gasteiger partial charge on any atom is -0.347 e. The lowest BCUT2D eigenvalue weighted by atomic mass is 10.1. The fourth-order valence-corrected chi connectivity index (χ4v) is 2.50. The number of nitrogens with zero attached hydrogens (tertiary/aromatic N) is 1. The Morgan fingerprint density at radius 1 is 1.20 bits per heavy atom. The van der Waals surface area contributed by atoms with E-state index in [2.05, 4.69) is 10.3 Å². The zero-order valence-corrected chi connectivity index (χ0v) is 10.6. The van der Waals surface area contributed by atoms with Gasteiger partial charge in [0.05, 0.1) is 6.20 Å². The summed E-state index contributed by atoms with van der Waals surface area (Å²) in [6.45, 7) is 0. The molecule has 1 N–H and O–H groups in total. The third-order valence-corrected chi connectivity index (χ3v) is 3.41. The molecule has 1 aromatic carbocycles. The van der Waals surface area contributed by atoms with Gasteiger partial charge in [0.15, 0.2) is 11.5 Å². The van der Waals surface area contributed by atoms with Crippen molar-refractivity contribution in [2.45, 2.75) is 18.9 Å². The lowest BCUT2D eigenvalue weighted by Gasteiger charge is -2.11. The monoisotopic (exact) mass is 274 g/mol. The third kappa shape index (κ3) is 2.39. The van der Waals surface area contributed by atoms with Crippen molar-refractivity contribution in [3.63, 3.8) is 0 Å². The summed E-state index contributed by atoms with van der Waals surface area (Å²) < 4.78 is 26.2. The Bertz CT molecular complexity index is 648. The molecule has 0 saturated heterocycles. The number of amides is 1. The van der Waals surface area contributed by atoms with Gasteiger partial charge in [0.25, 0.3) is 5.91 Å². The summed E-state index contributed by atoms with van der Waals surface area (Å²) in [6, 6.07) is 8.50. The number of aromatic nitrogens is 1. The zero-order valence-electron chi connectivity index (χ0n) is 10.6. The summed E-state index contributed by atoms with van der Waals surface area (Å²) in [7, 11) is 0. The van der Waals surface area contributed by atoms with Gasteiger partial charge in [-0.15, -0.1) is 0 Å². The number of pyridine rings is 1. The average Bonchev–Trinajstić information content (AvgIpc) is 2.80. The van der Waals surface area contributed by atoms with Crippen molar-refractivity contribution in [3.8, 4) is 0 Å². The van der Waals surface area contributed by atoms with E-state index < -0.39 is 17.5 Å². The molecule has 1 aliphatic carbocycles. The number of nitrogens with one attached hydrogen (secondary N) is 1. The van der Waals surface area contributed by atoms with Crippen LogP contribution in [0.25, 0.3) is 0 Å². The molecule has 1 heterocycles. The highest BCUT2D eigenvalue weighted by atomic mass is 19.1. The summed E-state index contributed by atoms with van der Waals surface area (Å²) in [5.41, 5.74) is 2.00. The van der Waals surface area contributed by atoms with Crippen molar-refractivity contribution in [1.29, 1.82) is 0 Å². The SMILES string of the molecule is O=C(NC1Cc2ccccc2C1)c1ncc(F)cc1F. The second-order valence-corrected chi connectivity index (χ2v) is 4.83. The number of hydrogen-bond donors (Lipinski definition) is 1. The lowest BCUT2D eigenvalue weighted by Crippen LogP contribution is -2.36. The molecule has 102 valence electrons. The Labute approximate surface area is 114 Å². The second-order valence-electron chi connectivity index (χ2n) is 4.83. The summed E-state index contributed by atoms with van der Waals surface area (Å²) in [5.74, 6) is -2.36. The first-order valence-electron chi connectivity index (χ1n) is 6.32. The van der Waals surface area contributed by atoms with Gasteiger partial charge in [-0.3, -0.25) is 4.79 Å². The predicted molar refractivity (Wildman–Crippen MR) is 69.3 cm³/mol. The predicted octanol–water partition coefficient (Wildman–Crippen LogP) is 2.26.